The summed E-state index contributed by atoms with van der Waals surface area (Å²) in [6, 6.07) is 20.8. The Morgan fingerprint density at radius 2 is 1.38 bits per heavy atom. The van der Waals surface area contributed by atoms with Crippen LogP contribution >= 0.6 is 0 Å². The molecule has 2 saturated carbocycles. The van der Waals surface area contributed by atoms with Gasteiger partial charge in [-0.15, -0.1) is 0 Å². The van der Waals surface area contributed by atoms with E-state index in [1.165, 1.54) is 0 Å². The van der Waals surface area contributed by atoms with Gasteiger partial charge in [0.15, 0.2) is 5.78 Å². The molecule has 0 amide bonds. The van der Waals surface area contributed by atoms with E-state index in [0.29, 0.717) is 11.7 Å². The van der Waals surface area contributed by atoms with Crippen LogP contribution in [0, 0.1) is 16.7 Å². The van der Waals surface area contributed by atoms with Crippen LogP contribution in [0.15, 0.2) is 66.2 Å². The summed E-state index contributed by atoms with van der Waals surface area (Å²) in [5.41, 5.74) is 4.32. The first-order valence-corrected chi connectivity index (χ1v) is 8.86. The molecular formula is C23H24O. The molecule has 0 saturated heterocycles. The molecule has 1 heteroatoms. The topological polar surface area (TPSA) is 17.1 Å². The zero-order valence-corrected chi connectivity index (χ0v) is 14.7. The Morgan fingerprint density at radius 1 is 0.875 bits per heavy atom. The second-order valence-corrected chi connectivity index (χ2v) is 7.99. The summed E-state index contributed by atoms with van der Waals surface area (Å²) in [6.07, 6.45) is 2.14. The highest BCUT2D eigenvalue weighted by atomic mass is 16.1. The Balaban J connectivity index is 2.02. The van der Waals surface area contributed by atoms with Crippen LogP contribution in [0.1, 0.15) is 44.7 Å². The van der Waals surface area contributed by atoms with Crippen LogP contribution in [0.5, 0.6) is 0 Å². The van der Waals surface area contributed by atoms with E-state index in [1.54, 1.807) is 0 Å². The van der Waals surface area contributed by atoms with E-state index in [4.69, 9.17) is 0 Å². The molecular weight excluding hydrogens is 292 g/mol. The third-order valence-corrected chi connectivity index (χ3v) is 6.71. The molecule has 0 aromatic heterocycles. The van der Waals surface area contributed by atoms with Crippen molar-refractivity contribution in [3.8, 4) is 0 Å². The lowest BCUT2D eigenvalue weighted by Crippen LogP contribution is -2.32. The minimum atomic E-state index is -0.220. The zero-order chi connectivity index (χ0) is 16.9. The maximum Gasteiger partial charge on any atom is 0.166 e. The molecule has 1 nitrogen and oxygen atoms in total. The molecule has 2 aliphatic rings. The highest BCUT2D eigenvalue weighted by Crippen LogP contribution is 2.66. The Hall–Kier alpha value is -2.15. The lowest BCUT2D eigenvalue weighted by Gasteiger charge is -2.31. The van der Waals surface area contributed by atoms with Gasteiger partial charge in [-0.2, -0.15) is 0 Å². The summed E-state index contributed by atoms with van der Waals surface area (Å²) in [5.74, 6) is 0.719. The number of hydrogen-bond donors (Lipinski definition) is 0. The number of carbonyl (C=O) groups is 1. The molecule has 2 atom stereocenters. The molecule has 0 unspecified atom stereocenters. The number of ketones is 1. The van der Waals surface area contributed by atoms with Crippen LogP contribution in [0.3, 0.4) is 0 Å². The van der Waals surface area contributed by atoms with Gasteiger partial charge < -0.3 is 0 Å². The van der Waals surface area contributed by atoms with Crippen molar-refractivity contribution in [3.63, 3.8) is 0 Å². The standard InChI is InChI=1S/C23H24O/c1-22(2)18-14-15-23(22,3)21(24)20(18)19(16-10-6-4-7-11-16)17-12-8-5-9-13-17/h4-13,18H,14-15H2,1-3H3/t18-,23+/m1/s1. The Kier molecular flexibility index (Phi) is 3.32. The van der Waals surface area contributed by atoms with Crippen LogP contribution in [0.2, 0.25) is 0 Å². The number of fused-ring (bicyclic) bond motifs is 2. The highest BCUT2D eigenvalue weighted by molar-refractivity contribution is 6.12. The predicted octanol–water partition coefficient (Wildman–Crippen LogP) is 5.51. The Bertz CT molecular complexity index is 772. The molecule has 2 fully saturated rings. The normalized spacial score (nSPS) is 27.5. The van der Waals surface area contributed by atoms with Crippen molar-refractivity contribution in [2.75, 3.05) is 0 Å². The average Bonchev–Trinajstić information content (AvgIpc) is 2.91. The molecule has 122 valence electrons. The SMILES string of the molecule is CC1(C)[C@@H]2CC[C@@]1(C)C(=O)C2=C(c1ccccc1)c1ccccc1. The second kappa shape index (κ2) is 5.17. The molecule has 2 aromatic carbocycles. The molecule has 0 N–H and O–H groups in total. The first kappa shape index (κ1) is 15.4. The third kappa shape index (κ3) is 1.90. The van der Waals surface area contributed by atoms with Gasteiger partial charge in [-0.3, -0.25) is 4.79 Å². The summed E-state index contributed by atoms with van der Waals surface area (Å²) >= 11 is 0. The van der Waals surface area contributed by atoms with Crippen molar-refractivity contribution in [1.82, 2.24) is 0 Å². The summed E-state index contributed by atoms with van der Waals surface area (Å²) in [4.78, 5) is 13.4. The zero-order valence-electron chi connectivity index (χ0n) is 14.7. The first-order chi connectivity index (χ1) is 11.5. The lowest BCUT2D eigenvalue weighted by molar-refractivity contribution is -0.125. The number of allylic oxidation sites excluding steroid dienone is 1. The summed E-state index contributed by atoms with van der Waals surface area (Å²) in [6.45, 7) is 6.74. The maximum atomic E-state index is 13.4. The lowest BCUT2D eigenvalue weighted by atomic mass is 9.70. The van der Waals surface area contributed by atoms with Crippen molar-refractivity contribution in [2.45, 2.75) is 33.6 Å². The fourth-order valence-electron chi connectivity index (χ4n) is 4.84. The highest BCUT2D eigenvalue weighted by Gasteiger charge is 2.64. The van der Waals surface area contributed by atoms with Gasteiger partial charge >= 0.3 is 0 Å². The fraction of sp³-hybridized carbons (Fsp3) is 0.348. The van der Waals surface area contributed by atoms with Crippen LogP contribution in [-0.4, -0.2) is 5.78 Å². The number of Topliss-reactive ketones (excluding diaryl/α,β-unsaturated/α-hetero) is 1. The molecule has 2 aliphatic carbocycles. The van der Waals surface area contributed by atoms with Gasteiger partial charge in [0.2, 0.25) is 0 Å². The van der Waals surface area contributed by atoms with Gasteiger partial charge in [0.1, 0.15) is 0 Å². The molecule has 2 bridgehead atoms. The quantitative estimate of drug-likeness (QED) is 0.667. The van der Waals surface area contributed by atoms with Crippen LogP contribution < -0.4 is 0 Å². The van der Waals surface area contributed by atoms with E-state index >= 15 is 0 Å². The van der Waals surface area contributed by atoms with Gasteiger partial charge in [-0.1, -0.05) is 81.4 Å². The summed E-state index contributed by atoms with van der Waals surface area (Å²) < 4.78 is 0. The van der Waals surface area contributed by atoms with Crippen LogP contribution in [0.4, 0.5) is 0 Å². The summed E-state index contributed by atoms with van der Waals surface area (Å²) in [5, 5.41) is 0. The Labute approximate surface area is 144 Å². The van der Waals surface area contributed by atoms with E-state index < -0.39 is 0 Å². The molecule has 0 heterocycles. The van der Waals surface area contributed by atoms with Crippen molar-refractivity contribution in [1.29, 1.82) is 0 Å². The van der Waals surface area contributed by atoms with Crippen molar-refractivity contribution >= 4 is 11.4 Å². The van der Waals surface area contributed by atoms with Crippen molar-refractivity contribution in [3.05, 3.63) is 77.4 Å². The smallest absolute Gasteiger partial charge is 0.166 e. The van der Waals surface area contributed by atoms with E-state index in [9.17, 15) is 4.79 Å². The van der Waals surface area contributed by atoms with Gasteiger partial charge in [-0.25, -0.2) is 0 Å². The minimum absolute atomic E-state index is 0.0359. The van der Waals surface area contributed by atoms with Crippen molar-refractivity contribution < 1.29 is 4.79 Å². The van der Waals surface area contributed by atoms with Gasteiger partial charge in [0, 0.05) is 11.0 Å². The number of hydrogen-bond acceptors (Lipinski definition) is 1. The van der Waals surface area contributed by atoms with Gasteiger partial charge in [0.05, 0.1) is 0 Å². The molecule has 0 aliphatic heterocycles. The van der Waals surface area contributed by atoms with Crippen LogP contribution in [0.25, 0.3) is 5.57 Å². The largest absolute Gasteiger partial charge is 0.294 e. The van der Waals surface area contributed by atoms with E-state index in [-0.39, 0.29) is 10.8 Å². The first-order valence-electron chi connectivity index (χ1n) is 8.86. The summed E-state index contributed by atoms with van der Waals surface area (Å²) in [7, 11) is 0. The Morgan fingerprint density at radius 3 is 1.79 bits per heavy atom. The second-order valence-electron chi connectivity index (χ2n) is 7.99. The van der Waals surface area contributed by atoms with E-state index in [0.717, 1.165) is 35.1 Å². The number of carbonyl (C=O) groups excluding carboxylic acids is 1. The third-order valence-electron chi connectivity index (χ3n) is 6.71. The molecule has 24 heavy (non-hydrogen) atoms. The minimum Gasteiger partial charge on any atom is -0.294 e. The molecule has 4 rings (SSSR count). The van der Waals surface area contributed by atoms with Gasteiger partial charge in [0.25, 0.3) is 0 Å². The monoisotopic (exact) mass is 316 g/mol. The molecule has 0 radical (unpaired) electrons. The average molecular weight is 316 g/mol. The van der Waals surface area contributed by atoms with Gasteiger partial charge in [-0.05, 0) is 40.9 Å². The van der Waals surface area contributed by atoms with Crippen molar-refractivity contribution in [2.24, 2.45) is 16.7 Å². The molecule has 2 aromatic rings. The van der Waals surface area contributed by atoms with E-state index in [1.807, 2.05) is 12.1 Å². The maximum absolute atomic E-state index is 13.4. The number of benzene rings is 2. The predicted molar refractivity (Wildman–Crippen MR) is 98.5 cm³/mol. The molecule has 0 spiro atoms. The number of rotatable bonds is 2. The van der Waals surface area contributed by atoms with E-state index in [2.05, 4.69) is 69.3 Å². The fourth-order valence-corrected chi connectivity index (χ4v) is 4.84. The van der Waals surface area contributed by atoms with Crippen LogP contribution in [-0.2, 0) is 4.79 Å².